The number of aryl methyl sites for hydroxylation is 1. The lowest BCUT2D eigenvalue weighted by Crippen LogP contribution is -2.30. The molecule has 5 nitrogen and oxygen atoms in total. The largest absolute Gasteiger partial charge is 0.387 e. The average Bonchev–Trinajstić information content (AvgIpc) is 2.59. The highest BCUT2D eigenvalue weighted by atomic mass is 16.3. The fourth-order valence-electron chi connectivity index (χ4n) is 2.69. The Morgan fingerprint density at radius 2 is 1.88 bits per heavy atom. The van der Waals surface area contributed by atoms with Crippen LogP contribution < -0.4 is 10.9 Å². The van der Waals surface area contributed by atoms with Gasteiger partial charge in [0.05, 0.1) is 6.10 Å². The lowest BCUT2D eigenvalue weighted by atomic mass is 10.0. The number of fused-ring (bicyclic) bond motifs is 1. The van der Waals surface area contributed by atoms with Gasteiger partial charge in [-0.05, 0) is 35.6 Å². The van der Waals surface area contributed by atoms with E-state index < -0.39 is 12.0 Å². The minimum atomic E-state index is -0.803. The lowest BCUT2D eigenvalue weighted by molar-refractivity contribution is 0.0911. The third-order valence-corrected chi connectivity index (χ3v) is 4.00. The van der Waals surface area contributed by atoms with Crippen LogP contribution in [0.1, 0.15) is 27.7 Å². The van der Waals surface area contributed by atoms with E-state index in [1.165, 1.54) is 0 Å². The first-order valence-electron chi connectivity index (χ1n) is 7.70. The number of benzene rings is 2. The molecule has 1 atom stereocenters. The number of carbonyl (C=O) groups excluding carboxylic acids is 1. The topological polar surface area (TPSA) is 82.2 Å². The standard InChI is InChI=1S/C19H18N2O3/c1-12-6-2-4-8-14(12)17(22)11-20-19(24)16-10-13-7-3-5-9-15(13)18(23)21-16/h2-10,17,22H,11H2,1H3,(H,20,24)(H,21,23). The van der Waals surface area contributed by atoms with Crippen molar-refractivity contribution in [2.45, 2.75) is 13.0 Å². The first kappa shape index (κ1) is 16.0. The number of aliphatic hydroxyl groups is 1. The zero-order valence-electron chi connectivity index (χ0n) is 13.2. The molecule has 3 rings (SSSR count). The first-order chi connectivity index (χ1) is 11.6. The Bertz CT molecular complexity index is 946. The molecule has 1 amide bonds. The smallest absolute Gasteiger partial charge is 0.267 e. The van der Waals surface area contributed by atoms with Gasteiger partial charge in [0.15, 0.2) is 0 Å². The van der Waals surface area contributed by atoms with Crippen molar-refractivity contribution in [2.75, 3.05) is 6.54 Å². The maximum absolute atomic E-state index is 12.3. The van der Waals surface area contributed by atoms with Crippen LogP contribution in [0.5, 0.6) is 0 Å². The number of nitrogens with one attached hydrogen (secondary N) is 2. The molecule has 1 aromatic heterocycles. The van der Waals surface area contributed by atoms with Gasteiger partial charge in [-0.3, -0.25) is 9.59 Å². The van der Waals surface area contributed by atoms with Crippen LogP contribution in [0.25, 0.3) is 10.8 Å². The van der Waals surface area contributed by atoms with Gasteiger partial charge in [0.25, 0.3) is 11.5 Å². The van der Waals surface area contributed by atoms with Crippen molar-refractivity contribution in [3.8, 4) is 0 Å². The van der Waals surface area contributed by atoms with Crippen molar-refractivity contribution in [3.05, 3.63) is 81.8 Å². The van der Waals surface area contributed by atoms with Gasteiger partial charge in [0.1, 0.15) is 5.69 Å². The second-order valence-electron chi connectivity index (χ2n) is 5.68. The molecule has 1 heterocycles. The minimum Gasteiger partial charge on any atom is -0.387 e. The maximum Gasteiger partial charge on any atom is 0.267 e. The summed E-state index contributed by atoms with van der Waals surface area (Å²) in [6.45, 7) is 1.97. The van der Waals surface area contributed by atoms with E-state index in [0.717, 1.165) is 11.1 Å². The molecule has 0 aliphatic rings. The summed E-state index contributed by atoms with van der Waals surface area (Å²) in [7, 11) is 0. The molecule has 0 bridgehead atoms. The Balaban J connectivity index is 1.76. The second-order valence-corrected chi connectivity index (χ2v) is 5.68. The highest BCUT2D eigenvalue weighted by Crippen LogP contribution is 2.16. The molecule has 24 heavy (non-hydrogen) atoms. The Morgan fingerprint density at radius 1 is 1.17 bits per heavy atom. The zero-order chi connectivity index (χ0) is 17.1. The molecule has 0 radical (unpaired) electrons. The van der Waals surface area contributed by atoms with E-state index in [-0.39, 0.29) is 17.8 Å². The molecular weight excluding hydrogens is 304 g/mol. The lowest BCUT2D eigenvalue weighted by Gasteiger charge is -2.14. The van der Waals surface area contributed by atoms with Gasteiger partial charge < -0.3 is 15.4 Å². The monoisotopic (exact) mass is 322 g/mol. The molecule has 0 spiro atoms. The number of aliphatic hydroxyl groups excluding tert-OH is 1. The van der Waals surface area contributed by atoms with Crippen molar-refractivity contribution in [3.63, 3.8) is 0 Å². The van der Waals surface area contributed by atoms with E-state index in [0.29, 0.717) is 10.8 Å². The Morgan fingerprint density at radius 3 is 2.67 bits per heavy atom. The van der Waals surface area contributed by atoms with Gasteiger partial charge in [0, 0.05) is 11.9 Å². The summed E-state index contributed by atoms with van der Waals surface area (Å²) in [5, 5.41) is 14.1. The summed E-state index contributed by atoms with van der Waals surface area (Å²) in [6, 6.07) is 16.2. The average molecular weight is 322 g/mol. The second kappa shape index (κ2) is 6.68. The molecule has 0 fully saturated rings. The van der Waals surface area contributed by atoms with Gasteiger partial charge in [0.2, 0.25) is 0 Å². The number of pyridine rings is 1. The van der Waals surface area contributed by atoms with Crippen LogP contribution in [0.4, 0.5) is 0 Å². The Kier molecular flexibility index (Phi) is 4.44. The van der Waals surface area contributed by atoms with E-state index in [1.807, 2.05) is 37.3 Å². The van der Waals surface area contributed by atoms with Crippen LogP contribution in [-0.2, 0) is 0 Å². The van der Waals surface area contributed by atoms with Crippen molar-refractivity contribution < 1.29 is 9.90 Å². The number of rotatable bonds is 4. The molecule has 0 saturated carbocycles. The number of H-pyrrole nitrogens is 1. The minimum absolute atomic E-state index is 0.0680. The van der Waals surface area contributed by atoms with Gasteiger partial charge >= 0.3 is 0 Å². The predicted molar refractivity (Wildman–Crippen MR) is 93.0 cm³/mol. The number of amides is 1. The van der Waals surface area contributed by atoms with Crippen molar-refractivity contribution in [1.82, 2.24) is 10.3 Å². The van der Waals surface area contributed by atoms with E-state index >= 15 is 0 Å². The molecule has 0 saturated heterocycles. The first-order valence-corrected chi connectivity index (χ1v) is 7.70. The molecule has 1 unspecified atom stereocenters. The van der Waals surface area contributed by atoms with Crippen molar-refractivity contribution >= 4 is 16.7 Å². The number of hydrogen-bond acceptors (Lipinski definition) is 3. The fourth-order valence-corrected chi connectivity index (χ4v) is 2.69. The van der Waals surface area contributed by atoms with Gasteiger partial charge in [-0.1, -0.05) is 42.5 Å². The van der Waals surface area contributed by atoms with Crippen LogP contribution in [0.3, 0.4) is 0 Å². The summed E-state index contributed by atoms with van der Waals surface area (Å²) in [5.74, 6) is -0.425. The number of hydrogen-bond donors (Lipinski definition) is 3. The zero-order valence-corrected chi connectivity index (χ0v) is 13.2. The summed E-state index contributed by atoms with van der Waals surface area (Å²) in [6.07, 6.45) is -0.803. The highest BCUT2D eigenvalue weighted by Gasteiger charge is 2.14. The molecule has 3 aromatic rings. The molecule has 0 aliphatic carbocycles. The van der Waals surface area contributed by atoms with Gasteiger partial charge in [-0.25, -0.2) is 0 Å². The van der Waals surface area contributed by atoms with E-state index in [2.05, 4.69) is 10.3 Å². The summed E-state index contributed by atoms with van der Waals surface area (Å²) in [5.41, 5.74) is 1.59. The number of aromatic nitrogens is 1. The molecule has 0 aliphatic heterocycles. The quantitative estimate of drug-likeness (QED) is 0.689. The maximum atomic E-state index is 12.3. The predicted octanol–water partition coefficient (Wildman–Crippen LogP) is 2.30. The van der Waals surface area contributed by atoms with Crippen LogP contribution in [0.15, 0.2) is 59.4 Å². The summed E-state index contributed by atoms with van der Waals surface area (Å²) < 4.78 is 0. The normalized spacial score (nSPS) is 12.1. The molecule has 2 aromatic carbocycles. The van der Waals surface area contributed by atoms with Crippen molar-refractivity contribution in [1.29, 1.82) is 0 Å². The van der Waals surface area contributed by atoms with Gasteiger partial charge in [-0.2, -0.15) is 0 Å². The van der Waals surface area contributed by atoms with Crippen LogP contribution in [0, 0.1) is 6.92 Å². The van der Waals surface area contributed by atoms with E-state index in [4.69, 9.17) is 0 Å². The Hall–Kier alpha value is -2.92. The molecule has 5 heteroatoms. The third kappa shape index (κ3) is 3.21. The van der Waals surface area contributed by atoms with Crippen molar-refractivity contribution in [2.24, 2.45) is 0 Å². The van der Waals surface area contributed by atoms with Crippen LogP contribution in [0.2, 0.25) is 0 Å². The van der Waals surface area contributed by atoms with Gasteiger partial charge in [-0.15, -0.1) is 0 Å². The molecular formula is C19H18N2O3. The molecule has 122 valence electrons. The number of carbonyl (C=O) groups is 1. The molecule has 3 N–H and O–H groups in total. The van der Waals surface area contributed by atoms with Crippen LogP contribution in [-0.4, -0.2) is 22.5 Å². The summed E-state index contributed by atoms with van der Waals surface area (Å²) in [4.78, 5) is 26.9. The highest BCUT2D eigenvalue weighted by molar-refractivity contribution is 5.96. The number of aromatic amines is 1. The van der Waals surface area contributed by atoms with E-state index in [9.17, 15) is 14.7 Å². The third-order valence-electron chi connectivity index (χ3n) is 4.00. The fraction of sp³-hybridized carbons (Fsp3) is 0.158. The van der Waals surface area contributed by atoms with Crippen LogP contribution >= 0.6 is 0 Å². The SMILES string of the molecule is Cc1ccccc1C(O)CNC(=O)c1cc2ccccc2c(=O)[nH]1. The van der Waals surface area contributed by atoms with E-state index in [1.54, 1.807) is 24.3 Å². The Labute approximate surface area is 139 Å². The summed E-state index contributed by atoms with van der Waals surface area (Å²) >= 11 is 0.